The third kappa shape index (κ3) is 10.2. The first kappa shape index (κ1) is 39.4. The number of rotatable bonds is 4. The van der Waals surface area contributed by atoms with E-state index >= 15 is 0 Å². The predicted molar refractivity (Wildman–Crippen MR) is 195 cm³/mol. The Bertz CT molecular complexity index is 1600. The second kappa shape index (κ2) is 18.3. The highest BCUT2D eigenvalue weighted by Crippen LogP contribution is 2.19. The molecule has 16 heteroatoms. The van der Waals surface area contributed by atoms with E-state index in [1.54, 1.807) is 48.5 Å². The van der Waals surface area contributed by atoms with Crippen molar-refractivity contribution in [3.05, 3.63) is 71.8 Å². The Labute approximate surface area is 313 Å². The van der Waals surface area contributed by atoms with Crippen LogP contribution in [-0.4, -0.2) is 119 Å². The number of carbonyl (C=O) groups is 8. The van der Waals surface area contributed by atoms with Crippen LogP contribution in [0.3, 0.4) is 0 Å². The van der Waals surface area contributed by atoms with Crippen LogP contribution >= 0.6 is 0 Å². The highest BCUT2D eigenvalue weighted by atomic mass is 16.2. The molecule has 5 rings (SSSR count). The summed E-state index contributed by atoms with van der Waals surface area (Å²) in [6, 6.07) is 11.7. The van der Waals surface area contributed by atoms with Gasteiger partial charge < -0.3 is 41.7 Å². The summed E-state index contributed by atoms with van der Waals surface area (Å²) in [5, 5.41) is 15.8. The zero-order valence-electron chi connectivity index (χ0n) is 30.5. The largest absolute Gasteiger partial charge is 0.345 e. The molecule has 0 aromatic heterocycles. The molecule has 0 aliphatic carbocycles. The summed E-state index contributed by atoms with van der Waals surface area (Å²) in [6.07, 6.45) is 1.88. The molecule has 54 heavy (non-hydrogen) atoms. The van der Waals surface area contributed by atoms with Crippen LogP contribution in [0.25, 0.3) is 0 Å². The summed E-state index contributed by atoms with van der Waals surface area (Å²) >= 11 is 0. The average Bonchev–Trinajstić information content (AvgIpc) is 3.87. The lowest BCUT2D eigenvalue weighted by atomic mass is 10.0. The average molecular weight is 745 g/mol. The van der Waals surface area contributed by atoms with Gasteiger partial charge in [0, 0.05) is 25.9 Å². The maximum absolute atomic E-state index is 13.6. The lowest BCUT2D eigenvalue weighted by molar-refractivity contribution is -0.141. The lowest BCUT2D eigenvalue weighted by Crippen LogP contribution is -2.58. The molecule has 0 unspecified atom stereocenters. The van der Waals surface area contributed by atoms with Crippen molar-refractivity contribution in [1.29, 1.82) is 0 Å². The normalized spacial score (nSPS) is 27.0. The summed E-state index contributed by atoms with van der Waals surface area (Å²) in [5.41, 5.74) is 1.49. The van der Waals surface area contributed by atoms with Crippen molar-refractivity contribution in [1.82, 2.24) is 41.7 Å². The summed E-state index contributed by atoms with van der Waals surface area (Å²) in [4.78, 5) is 110. The first-order valence-electron chi connectivity index (χ1n) is 18.3. The van der Waals surface area contributed by atoms with E-state index < -0.39 is 96.6 Å². The maximum atomic E-state index is 13.6. The van der Waals surface area contributed by atoms with Gasteiger partial charge in [-0.1, -0.05) is 60.7 Å². The lowest BCUT2D eigenvalue weighted by Gasteiger charge is -2.28. The number of carbonyl (C=O) groups excluding carboxylic acids is 8. The molecular formula is C38H48N8O8. The van der Waals surface area contributed by atoms with Crippen LogP contribution in [-0.2, 0) is 51.2 Å². The van der Waals surface area contributed by atoms with Crippen LogP contribution in [0.15, 0.2) is 60.7 Å². The van der Waals surface area contributed by atoms with Crippen LogP contribution in [0, 0.1) is 0 Å². The van der Waals surface area contributed by atoms with Gasteiger partial charge in [0.15, 0.2) is 0 Å². The Morgan fingerprint density at radius 2 is 0.870 bits per heavy atom. The van der Waals surface area contributed by atoms with E-state index in [1.165, 1.54) is 23.6 Å². The molecule has 288 valence electrons. The molecule has 3 aliphatic rings. The molecule has 0 saturated carbocycles. The van der Waals surface area contributed by atoms with Crippen molar-refractivity contribution in [3.63, 3.8) is 0 Å². The van der Waals surface area contributed by atoms with Gasteiger partial charge in [-0.2, -0.15) is 0 Å². The molecule has 2 aromatic carbocycles. The Morgan fingerprint density at radius 1 is 0.500 bits per heavy atom. The van der Waals surface area contributed by atoms with Crippen molar-refractivity contribution in [3.8, 4) is 0 Å². The highest BCUT2D eigenvalue weighted by Gasteiger charge is 2.38. The molecule has 3 aliphatic heterocycles. The maximum Gasteiger partial charge on any atom is 0.243 e. The van der Waals surface area contributed by atoms with Gasteiger partial charge in [0.25, 0.3) is 0 Å². The predicted octanol–water partition coefficient (Wildman–Crippen LogP) is -1.32. The van der Waals surface area contributed by atoms with E-state index in [2.05, 4.69) is 31.9 Å². The van der Waals surface area contributed by atoms with Gasteiger partial charge in [-0.05, 0) is 50.7 Å². The minimum absolute atomic E-state index is 0.0934. The molecule has 3 fully saturated rings. The first-order chi connectivity index (χ1) is 25.9. The van der Waals surface area contributed by atoms with Crippen LogP contribution in [0.4, 0.5) is 0 Å². The summed E-state index contributed by atoms with van der Waals surface area (Å²) in [6.45, 7) is 2.51. The van der Waals surface area contributed by atoms with Crippen LogP contribution in [0.2, 0.25) is 0 Å². The number of nitrogens with one attached hydrogen (secondary N) is 6. The number of hydrogen-bond acceptors (Lipinski definition) is 8. The van der Waals surface area contributed by atoms with E-state index in [0.29, 0.717) is 25.7 Å². The fourth-order valence-electron chi connectivity index (χ4n) is 6.92. The zero-order chi connectivity index (χ0) is 38.8. The van der Waals surface area contributed by atoms with E-state index in [-0.39, 0.29) is 25.9 Å². The zero-order valence-corrected chi connectivity index (χ0v) is 30.5. The van der Waals surface area contributed by atoms with Crippen molar-refractivity contribution in [2.24, 2.45) is 0 Å². The number of benzene rings is 2. The molecular weight excluding hydrogens is 696 g/mol. The molecule has 6 N–H and O–H groups in total. The number of fused-ring (bicyclic) bond motifs is 2. The molecule has 0 radical (unpaired) electrons. The van der Waals surface area contributed by atoms with Crippen molar-refractivity contribution in [2.75, 3.05) is 26.2 Å². The summed E-state index contributed by atoms with van der Waals surface area (Å²) < 4.78 is 0. The summed E-state index contributed by atoms with van der Waals surface area (Å²) in [7, 11) is 0. The Kier molecular flexibility index (Phi) is 13.4. The van der Waals surface area contributed by atoms with Crippen molar-refractivity contribution < 1.29 is 38.4 Å². The molecule has 3 saturated heterocycles. The second-order valence-corrected chi connectivity index (χ2v) is 13.9. The van der Waals surface area contributed by atoms with Crippen LogP contribution in [0.1, 0.15) is 50.7 Å². The fourth-order valence-corrected chi connectivity index (χ4v) is 6.92. The van der Waals surface area contributed by atoms with E-state index in [1.807, 2.05) is 12.1 Å². The quantitative estimate of drug-likeness (QED) is 0.220. The SMILES string of the molecule is C[C@@H]1NC(=O)[C@H](Cc2ccccc2)NC(=O)[C@@H]2CCCN2C(=O)CNC(=O)[C@H](C)NC(=O)[C@H](Cc2ccccc2)NC(=O)[C@@H]2CCCN2C(=O)CNC1=O. The monoisotopic (exact) mass is 744 g/mol. The van der Waals surface area contributed by atoms with Crippen molar-refractivity contribution in [2.45, 2.75) is 88.6 Å². The van der Waals surface area contributed by atoms with Crippen LogP contribution < -0.4 is 31.9 Å². The Morgan fingerprint density at radius 3 is 1.24 bits per heavy atom. The molecule has 0 bridgehead atoms. The number of nitrogens with zero attached hydrogens (tertiary/aromatic N) is 2. The standard InChI is InChI=1S/C38H48N8O8/c1-23-33(49)39-21-31(47)45-17-9-16-30(45)38(54)44-28(20-26-13-7-4-8-14-26)36(52)42-24(2)34(50)40-22-32(48)46-18-10-15-29(46)37(53)43-27(35(51)41-23)19-25-11-5-3-6-12-25/h3-8,11-14,23-24,27-30H,9-10,15-22H2,1-2H3,(H,39,49)(H,40,50)(H,41,51)(H,42,52)(H,43,53)(H,44,54)/t23-,24-,27-,28-,29-,30-/m0/s1. The first-order valence-corrected chi connectivity index (χ1v) is 18.3. The third-order valence-corrected chi connectivity index (χ3v) is 9.91. The van der Waals surface area contributed by atoms with Gasteiger partial charge in [-0.25, -0.2) is 0 Å². The highest BCUT2D eigenvalue weighted by molar-refractivity contribution is 5.98. The van der Waals surface area contributed by atoms with Gasteiger partial charge in [0.2, 0.25) is 47.3 Å². The molecule has 0 spiro atoms. The molecule has 2 aromatic rings. The number of amides is 8. The molecule has 8 amide bonds. The van der Waals surface area contributed by atoms with Crippen molar-refractivity contribution >= 4 is 47.3 Å². The van der Waals surface area contributed by atoms with Gasteiger partial charge in [0.1, 0.15) is 36.3 Å². The Hall–Kier alpha value is -5.80. The Balaban J connectivity index is 1.38. The third-order valence-electron chi connectivity index (χ3n) is 9.91. The van der Waals surface area contributed by atoms with E-state index in [4.69, 9.17) is 0 Å². The van der Waals surface area contributed by atoms with Crippen LogP contribution in [0.5, 0.6) is 0 Å². The summed E-state index contributed by atoms with van der Waals surface area (Å²) in [5.74, 6) is -4.76. The smallest absolute Gasteiger partial charge is 0.243 e. The van der Waals surface area contributed by atoms with Gasteiger partial charge in [-0.3, -0.25) is 38.4 Å². The topological polar surface area (TPSA) is 215 Å². The molecule has 16 nitrogen and oxygen atoms in total. The minimum Gasteiger partial charge on any atom is -0.345 e. The fraction of sp³-hybridized carbons (Fsp3) is 0.474. The van der Waals surface area contributed by atoms with Gasteiger partial charge in [0.05, 0.1) is 13.1 Å². The van der Waals surface area contributed by atoms with Gasteiger partial charge >= 0.3 is 0 Å². The van der Waals surface area contributed by atoms with E-state index in [0.717, 1.165) is 11.1 Å². The van der Waals surface area contributed by atoms with Gasteiger partial charge in [-0.15, -0.1) is 0 Å². The second-order valence-electron chi connectivity index (χ2n) is 13.9. The molecule has 3 heterocycles. The molecule has 6 atom stereocenters. The minimum atomic E-state index is -1.11. The van der Waals surface area contributed by atoms with E-state index in [9.17, 15) is 38.4 Å². The number of hydrogen-bond donors (Lipinski definition) is 6.